The van der Waals surface area contributed by atoms with Crippen LogP contribution in [-0.4, -0.2) is 48.5 Å². The average molecular weight is 471 g/mol. The van der Waals surface area contributed by atoms with E-state index >= 15 is 0 Å². The number of aliphatic hydroxyl groups is 1. The first-order valence-electron chi connectivity index (χ1n) is 10.7. The third-order valence-electron chi connectivity index (χ3n) is 6.14. The average Bonchev–Trinajstić information content (AvgIpc) is 3.20. The predicted molar refractivity (Wildman–Crippen MR) is 123 cm³/mol. The summed E-state index contributed by atoms with van der Waals surface area (Å²) in [5, 5.41) is 10.6. The van der Waals surface area contributed by atoms with Gasteiger partial charge in [-0.3, -0.25) is 4.79 Å². The highest BCUT2D eigenvalue weighted by atomic mass is 32.2. The minimum atomic E-state index is -3.35. The number of ether oxygens (including phenoxy) is 1. The van der Waals surface area contributed by atoms with Gasteiger partial charge in [0, 0.05) is 30.0 Å². The number of nitrogens with zero attached hydrogens (tertiary/aromatic N) is 2. The van der Waals surface area contributed by atoms with Crippen molar-refractivity contribution in [3.8, 4) is 0 Å². The van der Waals surface area contributed by atoms with Gasteiger partial charge in [0.2, 0.25) is 0 Å². The van der Waals surface area contributed by atoms with E-state index in [1.165, 1.54) is 19.2 Å². The van der Waals surface area contributed by atoms with Gasteiger partial charge in [0.25, 0.3) is 0 Å². The molecule has 2 atom stereocenters. The predicted octanol–water partition coefficient (Wildman–Crippen LogP) is 2.57. The van der Waals surface area contributed by atoms with Crippen molar-refractivity contribution in [2.45, 2.75) is 49.6 Å². The monoisotopic (exact) mass is 470 g/mol. The lowest BCUT2D eigenvalue weighted by Gasteiger charge is -2.23. The summed E-state index contributed by atoms with van der Waals surface area (Å²) < 4.78 is 30.4. The Hall–Kier alpha value is -3.04. The third kappa shape index (κ3) is 4.43. The molecular formula is C24H26N2O6S. The van der Waals surface area contributed by atoms with Crippen LogP contribution in [0.3, 0.4) is 0 Å². The number of fused-ring (bicyclic) bond motifs is 1. The molecule has 2 heterocycles. The fraction of sp³-hybridized carbons (Fsp3) is 0.375. The van der Waals surface area contributed by atoms with Gasteiger partial charge < -0.3 is 14.4 Å². The second-order valence-electron chi connectivity index (χ2n) is 8.56. The van der Waals surface area contributed by atoms with Crippen molar-refractivity contribution in [2.75, 3.05) is 13.4 Å². The van der Waals surface area contributed by atoms with Crippen molar-refractivity contribution in [3.63, 3.8) is 0 Å². The lowest BCUT2D eigenvalue weighted by atomic mass is 9.99. The second-order valence-corrected chi connectivity index (χ2v) is 10.6. The molecule has 2 aromatic heterocycles. The topological polar surface area (TPSA) is 116 Å². The fourth-order valence-corrected chi connectivity index (χ4v) is 5.12. The first-order chi connectivity index (χ1) is 15.6. The van der Waals surface area contributed by atoms with Crippen molar-refractivity contribution in [3.05, 3.63) is 69.1 Å². The Morgan fingerprint density at radius 3 is 2.45 bits per heavy atom. The number of aliphatic hydroxyl groups excluding tert-OH is 1. The lowest BCUT2D eigenvalue weighted by Crippen LogP contribution is -2.28. The zero-order chi connectivity index (χ0) is 23.9. The molecule has 1 aliphatic rings. The van der Waals surface area contributed by atoms with Crippen LogP contribution in [-0.2, 0) is 21.0 Å². The van der Waals surface area contributed by atoms with E-state index in [9.17, 15) is 23.1 Å². The molecule has 1 aromatic carbocycles. The van der Waals surface area contributed by atoms with E-state index in [-0.39, 0.29) is 34.0 Å². The standard InChI is InChI=1S/C24H26N2O6S/c1-14-4-11-19-22(28)20(12-15-5-9-18(10-6-15)33(3,30)31)21(24(29)32-2)26(23(19)25-14)16-7-8-17(27)13-16/h4-6,9-11,16-17,27H,7-8,12-13H2,1-3H3/t16-,17+/m1/s1. The number of esters is 1. The van der Waals surface area contributed by atoms with Crippen LogP contribution in [0.4, 0.5) is 0 Å². The zero-order valence-corrected chi connectivity index (χ0v) is 19.6. The highest BCUT2D eigenvalue weighted by Gasteiger charge is 2.32. The minimum absolute atomic E-state index is 0.117. The Balaban J connectivity index is 1.97. The van der Waals surface area contributed by atoms with Crippen LogP contribution in [0.2, 0.25) is 0 Å². The van der Waals surface area contributed by atoms with Crippen LogP contribution < -0.4 is 5.43 Å². The van der Waals surface area contributed by atoms with Gasteiger partial charge in [0.1, 0.15) is 11.3 Å². The van der Waals surface area contributed by atoms with E-state index < -0.39 is 21.9 Å². The summed E-state index contributed by atoms with van der Waals surface area (Å²) in [6, 6.07) is 9.49. The molecular weight excluding hydrogens is 444 g/mol. The summed E-state index contributed by atoms with van der Waals surface area (Å²) in [4.78, 5) is 31.3. The van der Waals surface area contributed by atoms with Crippen LogP contribution in [0.5, 0.6) is 0 Å². The number of rotatable bonds is 5. The van der Waals surface area contributed by atoms with Gasteiger partial charge >= 0.3 is 5.97 Å². The Kier molecular flexibility index (Phi) is 6.11. The summed E-state index contributed by atoms with van der Waals surface area (Å²) in [6.45, 7) is 1.81. The van der Waals surface area contributed by atoms with Gasteiger partial charge in [0.15, 0.2) is 15.3 Å². The van der Waals surface area contributed by atoms with Gasteiger partial charge in [-0.15, -0.1) is 0 Å². The number of pyridine rings is 2. The van der Waals surface area contributed by atoms with E-state index in [4.69, 9.17) is 4.74 Å². The van der Waals surface area contributed by atoms with Crippen molar-refractivity contribution < 1.29 is 23.1 Å². The molecule has 1 aliphatic carbocycles. The van der Waals surface area contributed by atoms with E-state index in [0.717, 1.165) is 6.26 Å². The van der Waals surface area contributed by atoms with Crippen LogP contribution in [0.15, 0.2) is 46.1 Å². The quantitative estimate of drug-likeness (QED) is 0.570. The van der Waals surface area contributed by atoms with Crippen molar-refractivity contribution >= 4 is 26.8 Å². The number of carbonyl (C=O) groups is 1. The molecule has 174 valence electrons. The number of methoxy groups -OCH3 is 1. The van der Waals surface area contributed by atoms with Crippen molar-refractivity contribution in [2.24, 2.45) is 0 Å². The molecule has 0 amide bonds. The number of aromatic nitrogens is 2. The molecule has 0 bridgehead atoms. The zero-order valence-electron chi connectivity index (χ0n) is 18.7. The smallest absolute Gasteiger partial charge is 0.355 e. The Morgan fingerprint density at radius 2 is 1.88 bits per heavy atom. The largest absolute Gasteiger partial charge is 0.464 e. The molecule has 0 spiro atoms. The number of hydrogen-bond donors (Lipinski definition) is 1. The van der Waals surface area contributed by atoms with Gasteiger partial charge in [0.05, 0.1) is 23.5 Å². The molecule has 9 heteroatoms. The summed E-state index contributed by atoms with van der Waals surface area (Å²) in [5.74, 6) is -0.651. The van der Waals surface area contributed by atoms with Gasteiger partial charge in [-0.1, -0.05) is 12.1 Å². The number of carbonyl (C=O) groups excluding carboxylic acids is 1. The van der Waals surface area contributed by atoms with Crippen LogP contribution in [0.1, 0.15) is 52.6 Å². The first kappa shape index (κ1) is 23.1. The fourth-order valence-electron chi connectivity index (χ4n) is 4.49. The van der Waals surface area contributed by atoms with Gasteiger partial charge in [-0.25, -0.2) is 18.2 Å². The summed E-state index contributed by atoms with van der Waals surface area (Å²) in [7, 11) is -2.09. The highest BCUT2D eigenvalue weighted by Crippen LogP contribution is 2.34. The van der Waals surface area contributed by atoms with E-state index in [1.807, 2.05) is 6.92 Å². The normalized spacial score (nSPS) is 18.5. The third-order valence-corrected chi connectivity index (χ3v) is 7.27. The molecule has 4 rings (SSSR count). The molecule has 8 nitrogen and oxygen atoms in total. The number of sulfone groups is 1. The molecule has 0 aliphatic heterocycles. The Labute approximate surface area is 191 Å². The molecule has 1 fully saturated rings. The van der Waals surface area contributed by atoms with Crippen molar-refractivity contribution in [1.29, 1.82) is 0 Å². The molecule has 1 N–H and O–H groups in total. The molecule has 33 heavy (non-hydrogen) atoms. The summed E-state index contributed by atoms with van der Waals surface area (Å²) in [6.07, 6.45) is 2.43. The Bertz CT molecular complexity index is 1390. The minimum Gasteiger partial charge on any atom is -0.464 e. The van der Waals surface area contributed by atoms with E-state index in [0.29, 0.717) is 41.6 Å². The van der Waals surface area contributed by atoms with Crippen LogP contribution >= 0.6 is 0 Å². The highest BCUT2D eigenvalue weighted by molar-refractivity contribution is 7.90. The van der Waals surface area contributed by atoms with Crippen LogP contribution in [0, 0.1) is 6.92 Å². The van der Waals surface area contributed by atoms with E-state index in [2.05, 4.69) is 4.98 Å². The molecule has 0 radical (unpaired) electrons. The summed E-state index contributed by atoms with van der Waals surface area (Å²) in [5.41, 5.74) is 1.85. The number of hydrogen-bond acceptors (Lipinski definition) is 7. The van der Waals surface area contributed by atoms with Crippen LogP contribution in [0.25, 0.3) is 11.0 Å². The lowest BCUT2D eigenvalue weighted by molar-refractivity contribution is 0.0583. The summed E-state index contributed by atoms with van der Waals surface area (Å²) >= 11 is 0. The Morgan fingerprint density at radius 1 is 1.18 bits per heavy atom. The molecule has 1 saturated carbocycles. The van der Waals surface area contributed by atoms with Crippen molar-refractivity contribution in [1.82, 2.24) is 9.55 Å². The van der Waals surface area contributed by atoms with Gasteiger partial charge in [-0.05, 0) is 56.0 Å². The number of aryl methyl sites for hydroxylation is 1. The SMILES string of the molecule is COC(=O)c1c(Cc2ccc(S(C)(=O)=O)cc2)c(=O)c2ccc(C)nc2n1[C@@H]1CC[C@H](O)C1. The molecule has 0 saturated heterocycles. The maximum absolute atomic E-state index is 13.5. The second kappa shape index (κ2) is 8.72. The first-order valence-corrected chi connectivity index (χ1v) is 12.6. The van der Waals surface area contributed by atoms with E-state index in [1.54, 1.807) is 28.8 Å². The maximum Gasteiger partial charge on any atom is 0.355 e. The number of benzene rings is 1. The van der Waals surface area contributed by atoms with Gasteiger partial charge in [-0.2, -0.15) is 0 Å². The molecule has 3 aromatic rings. The molecule has 0 unspecified atom stereocenters. The maximum atomic E-state index is 13.5.